The van der Waals surface area contributed by atoms with Gasteiger partial charge in [0.1, 0.15) is 5.00 Å². The summed E-state index contributed by atoms with van der Waals surface area (Å²) in [6.07, 6.45) is 5.10. The molecule has 1 aliphatic carbocycles. The number of aryl methyl sites for hydroxylation is 1. The molecule has 0 spiro atoms. The van der Waals surface area contributed by atoms with Crippen LogP contribution in [0.25, 0.3) is 0 Å². The quantitative estimate of drug-likeness (QED) is 0.565. The third kappa shape index (κ3) is 5.56. The van der Waals surface area contributed by atoms with E-state index in [2.05, 4.69) is 5.32 Å². The lowest BCUT2D eigenvalue weighted by atomic mass is 10.1. The molecule has 0 atom stereocenters. The summed E-state index contributed by atoms with van der Waals surface area (Å²) in [6.45, 7) is 3.60. The summed E-state index contributed by atoms with van der Waals surface area (Å²) >= 11 is 1.45. The number of hydrogen-bond acceptors (Lipinski definition) is 5. The lowest BCUT2D eigenvalue weighted by Gasteiger charge is -2.11. The van der Waals surface area contributed by atoms with Crippen molar-refractivity contribution in [3.05, 3.63) is 16.0 Å². The largest absolute Gasteiger partial charge is 0.481 e. The molecule has 1 aromatic rings. The Kier molecular flexibility index (Phi) is 6.99. The number of amides is 1. The Morgan fingerprint density at radius 3 is 2.56 bits per heavy atom. The fourth-order valence-corrected chi connectivity index (χ4v) is 4.20. The second-order valence-electron chi connectivity index (χ2n) is 6.52. The lowest BCUT2D eigenvalue weighted by molar-refractivity contribution is -0.137. The van der Waals surface area contributed by atoms with Crippen LogP contribution in [0.2, 0.25) is 0 Å². The molecule has 2 rings (SSSR count). The van der Waals surface area contributed by atoms with Gasteiger partial charge in [-0.1, -0.05) is 6.42 Å². The van der Waals surface area contributed by atoms with Gasteiger partial charge in [-0.15, -0.1) is 11.3 Å². The van der Waals surface area contributed by atoms with Crippen LogP contribution < -0.4 is 5.32 Å². The fraction of sp³-hybridized carbons (Fsp3) is 0.611. The fourth-order valence-electron chi connectivity index (χ4n) is 2.91. The van der Waals surface area contributed by atoms with E-state index >= 15 is 0 Å². The Hall–Kier alpha value is -1.89. The average Bonchev–Trinajstić information content (AvgIpc) is 2.68. The van der Waals surface area contributed by atoms with Crippen molar-refractivity contribution in [2.24, 2.45) is 0 Å². The summed E-state index contributed by atoms with van der Waals surface area (Å²) < 4.78 is 5.38. The summed E-state index contributed by atoms with van der Waals surface area (Å²) in [5, 5.41) is 12.0. The standard InChI is InChI=1S/C18H25NO5S/c1-11(2)24-18(23)16-12-7-4-3-5-8-13(12)25-17(16)19-14(20)9-6-10-15(21)22/h11H,3-10H2,1-2H3,(H,19,20)(H,21,22). The Morgan fingerprint density at radius 1 is 1.16 bits per heavy atom. The Labute approximate surface area is 151 Å². The van der Waals surface area contributed by atoms with Gasteiger partial charge >= 0.3 is 11.9 Å². The molecule has 1 aliphatic rings. The van der Waals surface area contributed by atoms with Crippen LogP contribution in [0.1, 0.15) is 73.2 Å². The van der Waals surface area contributed by atoms with Crippen LogP contribution in [-0.2, 0) is 27.2 Å². The summed E-state index contributed by atoms with van der Waals surface area (Å²) in [6, 6.07) is 0. The van der Waals surface area contributed by atoms with Gasteiger partial charge in [-0.05, 0) is 51.5 Å². The van der Waals surface area contributed by atoms with E-state index in [9.17, 15) is 14.4 Å². The molecule has 2 N–H and O–H groups in total. The zero-order valence-corrected chi connectivity index (χ0v) is 15.5. The number of esters is 1. The van der Waals surface area contributed by atoms with Gasteiger partial charge in [0.05, 0.1) is 11.7 Å². The van der Waals surface area contributed by atoms with Gasteiger partial charge in [-0.3, -0.25) is 9.59 Å². The maximum Gasteiger partial charge on any atom is 0.341 e. The van der Waals surface area contributed by atoms with Crippen molar-refractivity contribution < 1.29 is 24.2 Å². The first-order valence-corrected chi connectivity index (χ1v) is 9.57. The first-order chi connectivity index (χ1) is 11.9. The SMILES string of the molecule is CC(C)OC(=O)c1c(NC(=O)CCCC(=O)O)sc2c1CCCCC2. The van der Waals surface area contributed by atoms with E-state index in [0.29, 0.717) is 10.6 Å². The minimum absolute atomic E-state index is 0.0450. The second kappa shape index (κ2) is 8.99. The highest BCUT2D eigenvalue weighted by atomic mass is 32.1. The van der Waals surface area contributed by atoms with E-state index < -0.39 is 11.9 Å². The van der Waals surface area contributed by atoms with Gasteiger partial charge in [0.15, 0.2) is 0 Å². The summed E-state index contributed by atoms with van der Waals surface area (Å²) in [5.74, 6) is -1.58. The molecule has 0 radical (unpaired) electrons. The maximum atomic E-state index is 12.6. The van der Waals surface area contributed by atoms with Crippen LogP contribution >= 0.6 is 11.3 Å². The predicted molar refractivity (Wildman–Crippen MR) is 96.2 cm³/mol. The van der Waals surface area contributed by atoms with Gasteiger partial charge in [0.25, 0.3) is 0 Å². The van der Waals surface area contributed by atoms with Crippen LogP contribution in [0.5, 0.6) is 0 Å². The number of rotatable bonds is 7. The van der Waals surface area contributed by atoms with Crippen LogP contribution in [0, 0.1) is 0 Å². The second-order valence-corrected chi connectivity index (χ2v) is 7.62. The maximum absolute atomic E-state index is 12.6. The van der Waals surface area contributed by atoms with Gasteiger partial charge in [-0.2, -0.15) is 0 Å². The first-order valence-electron chi connectivity index (χ1n) is 8.75. The molecule has 7 heteroatoms. The lowest BCUT2D eigenvalue weighted by Crippen LogP contribution is -2.17. The third-order valence-electron chi connectivity index (χ3n) is 4.02. The molecule has 25 heavy (non-hydrogen) atoms. The van der Waals surface area contributed by atoms with E-state index in [0.717, 1.165) is 42.5 Å². The zero-order chi connectivity index (χ0) is 18.4. The molecule has 0 saturated carbocycles. The smallest absolute Gasteiger partial charge is 0.341 e. The molecule has 0 saturated heterocycles. The van der Waals surface area contributed by atoms with Crippen LogP contribution in [0.15, 0.2) is 0 Å². The topological polar surface area (TPSA) is 92.7 Å². The van der Waals surface area contributed by atoms with Crippen molar-refractivity contribution in [1.29, 1.82) is 0 Å². The average molecular weight is 367 g/mol. The summed E-state index contributed by atoms with van der Waals surface area (Å²) in [5.41, 5.74) is 1.50. The number of fused-ring (bicyclic) bond motifs is 1. The molecular weight excluding hydrogens is 342 g/mol. The number of carboxylic acid groups (broad SMARTS) is 1. The number of ether oxygens (including phenoxy) is 1. The minimum atomic E-state index is -0.920. The molecular formula is C18H25NO5S. The number of carboxylic acids is 1. The molecule has 6 nitrogen and oxygen atoms in total. The van der Waals surface area contributed by atoms with Gasteiger partial charge < -0.3 is 15.2 Å². The summed E-state index contributed by atoms with van der Waals surface area (Å²) in [7, 11) is 0. The van der Waals surface area contributed by atoms with Crippen molar-refractivity contribution >= 4 is 34.2 Å². The van der Waals surface area contributed by atoms with Crippen molar-refractivity contribution in [1.82, 2.24) is 0 Å². The van der Waals surface area contributed by atoms with Crippen molar-refractivity contribution in [3.8, 4) is 0 Å². The number of carbonyl (C=O) groups is 3. The Morgan fingerprint density at radius 2 is 1.88 bits per heavy atom. The predicted octanol–water partition coefficient (Wildman–Crippen LogP) is 3.78. The number of hydrogen-bond donors (Lipinski definition) is 2. The Balaban J connectivity index is 2.19. The Bertz CT molecular complexity index is 650. The molecule has 0 unspecified atom stereocenters. The van der Waals surface area contributed by atoms with E-state index in [1.165, 1.54) is 11.3 Å². The zero-order valence-electron chi connectivity index (χ0n) is 14.7. The van der Waals surface area contributed by atoms with Gasteiger partial charge in [0.2, 0.25) is 5.91 Å². The van der Waals surface area contributed by atoms with E-state index in [1.54, 1.807) is 13.8 Å². The van der Waals surface area contributed by atoms with Crippen molar-refractivity contribution in [2.45, 2.75) is 71.3 Å². The van der Waals surface area contributed by atoms with Gasteiger partial charge in [0, 0.05) is 17.7 Å². The first kappa shape index (κ1) is 19.4. The normalized spacial score (nSPS) is 13.9. The molecule has 1 aromatic heterocycles. The monoisotopic (exact) mass is 367 g/mol. The molecule has 138 valence electrons. The molecule has 0 bridgehead atoms. The number of anilines is 1. The van der Waals surface area contributed by atoms with E-state index in [1.807, 2.05) is 0 Å². The number of nitrogens with one attached hydrogen (secondary N) is 1. The molecule has 0 aliphatic heterocycles. The number of aliphatic carboxylic acids is 1. The van der Waals surface area contributed by atoms with Crippen LogP contribution in [-0.4, -0.2) is 29.1 Å². The minimum Gasteiger partial charge on any atom is -0.481 e. The molecule has 1 amide bonds. The highest BCUT2D eigenvalue weighted by molar-refractivity contribution is 7.17. The highest BCUT2D eigenvalue weighted by Gasteiger charge is 2.27. The van der Waals surface area contributed by atoms with Gasteiger partial charge in [-0.25, -0.2) is 4.79 Å². The number of carbonyl (C=O) groups excluding carboxylic acids is 2. The van der Waals surface area contributed by atoms with Crippen LogP contribution in [0.4, 0.5) is 5.00 Å². The molecule has 0 aromatic carbocycles. The molecule has 1 heterocycles. The van der Waals surface area contributed by atoms with Crippen molar-refractivity contribution in [3.63, 3.8) is 0 Å². The van der Waals surface area contributed by atoms with E-state index in [-0.39, 0.29) is 31.3 Å². The van der Waals surface area contributed by atoms with Crippen molar-refractivity contribution in [2.75, 3.05) is 5.32 Å². The number of thiophene rings is 1. The third-order valence-corrected chi connectivity index (χ3v) is 5.22. The summed E-state index contributed by atoms with van der Waals surface area (Å²) in [4.78, 5) is 36.4. The van der Waals surface area contributed by atoms with Crippen LogP contribution in [0.3, 0.4) is 0 Å². The highest BCUT2D eigenvalue weighted by Crippen LogP contribution is 2.38. The molecule has 0 fully saturated rings. The van der Waals surface area contributed by atoms with E-state index in [4.69, 9.17) is 9.84 Å².